The lowest BCUT2D eigenvalue weighted by atomic mass is 10.1. The predicted octanol–water partition coefficient (Wildman–Crippen LogP) is 5.39. The molecular weight excluding hydrogens is 356 g/mol. The van der Waals surface area contributed by atoms with Gasteiger partial charge in [0.2, 0.25) is 0 Å². The zero-order chi connectivity index (χ0) is 20.1. The van der Waals surface area contributed by atoms with Crippen molar-refractivity contribution in [1.29, 1.82) is 0 Å². The summed E-state index contributed by atoms with van der Waals surface area (Å²) >= 11 is 0. The van der Waals surface area contributed by atoms with Crippen LogP contribution in [0, 0.1) is 13.8 Å². The Labute approximate surface area is 171 Å². The molecule has 0 bridgehead atoms. The lowest BCUT2D eigenvalue weighted by molar-refractivity contribution is 0.782. The van der Waals surface area contributed by atoms with Crippen LogP contribution in [-0.4, -0.2) is 19.9 Å². The molecule has 29 heavy (non-hydrogen) atoms. The van der Waals surface area contributed by atoms with E-state index < -0.39 is 0 Å². The third kappa shape index (κ3) is 4.91. The minimum Gasteiger partial charge on any atom is -0.251 e. The van der Waals surface area contributed by atoms with Crippen molar-refractivity contribution in [1.82, 2.24) is 19.9 Å². The lowest BCUT2D eigenvalue weighted by Crippen LogP contribution is -1.98. The number of aryl methyl sites for hydroxylation is 4. The average Bonchev–Trinajstić information content (AvgIpc) is 2.74. The fraction of sp³-hybridized carbons (Fsp3) is 0.200. The van der Waals surface area contributed by atoms with Crippen LogP contribution in [0.25, 0.3) is 22.8 Å². The van der Waals surface area contributed by atoms with E-state index in [-0.39, 0.29) is 0 Å². The average molecular weight is 380 g/mol. The van der Waals surface area contributed by atoms with E-state index in [1.165, 1.54) is 0 Å². The Morgan fingerprint density at radius 2 is 0.862 bits per heavy atom. The van der Waals surface area contributed by atoms with Crippen LogP contribution in [0.2, 0.25) is 0 Å². The first kappa shape index (κ1) is 18.9. The first-order chi connectivity index (χ1) is 14.2. The molecule has 0 N–H and O–H groups in total. The zero-order valence-corrected chi connectivity index (χ0v) is 16.8. The minimum absolute atomic E-state index is 0.911. The molecule has 0 aromatic carbocycles. The molecule has 0 aliphatic rings. The van der Waals surface area contributed by atoms with E-state index in [0.29, 0.717) is 0 Å². The molecule has 0 saturated heterocycles. The molecule has 4 nitrogen and oxygen atoms in total. The predicted molar refractivity (Wildman–Crippen MR) is 116 cm³/mol. The van der Waals surface area contributed by atoms with E-state index in [9.17, 15) is 0 Å². The molecule has 4 heteroatoms. The van der Waals surface area contributed by atoms with E-state index >= 15 is 0 Å². The summed E-state index contributed by atoms with van der Waals surface area (Å²) in [5.41, 5.74) is 7.88. The molecule has 0 unspecified atom stereocenters. The van der Waals surface area contributed by atoms with Crippen LogP contribution in [0.3, 0.4) is 0 Å². The number of rotatable bonds is 6. The number of hydrogen-bond acceptors (Lipinski definition) is 4. The standard InChI is InChI=1S/C25H24N4/c1-18-8-3-14-22(26-18)24-16-6-12-20(28-24)10-5-11-21-13-7-17-25(29-21)23-15-4-9-19(2)27-23/h3-4,6-9,12-17H,5,10-11H2,1-2H3. The largest absolute Gasteiger partial charge is 0.251 e. The molecule has 0 atom stereocenters. The summed E-state index contributed by atoms with van der Waals surface area (Å²) in [5, 5.41) is 0. The van der Waals surface area contributed by atoms with Gasteiger partial charge >= 0.3 is 0 Å². The molecule has 0 aliphatic carbocycles. The van der Waals surface area contributed by atoms with Crippen molar-refractivity contribution in [3.8, 4) is 22.8 Å². The topological polar surface area (TPSA) is 51.6 Å². The van der Waals surface area contributed by atoms with Gasteiger partial charge in [0.1, 0.15) is 0 Å². The van der Waals surface area contributed by atoms with Gasteiger partial charge < -0.3 is 0 Å². The third-order valence-electron chi connectivity index (χ3n) is 4.78. The maximum atomic E-state index is 4.80. The fourth-order valence-electron chi connectivity index (χ4n) is 3.34. The van der Waals surface area contributed by atoms with Crippen LogP contribution < -0.4 is 0 Å². The SMILES string of the molecule is Cc1cccc(-c2cccc(CCCc3cccc(-c4cccc(C)n4)n3)n2)n1. The quantitative estimate of drug-likeness (QED) is 0.450. The summed E-state index contributed by atoms with van der Waals surface area (Å²) in [4.78, 5) is 18.8. The maximum Gasteiger partial charge on any atom is 0.0889 e. The Morgan fingerprint density at radius 1 is 0.483 bits per heavy atom. The van der Waals surface area contributed by atoms with Crippen LogP contribution in [-0.2, 0) is 12.8 Å². The Bertz CT molecular complexity index is 1030. The Kier molecular flexibility index (Phi) is 5.71. The molecule has 0 amide bonds. The van der Waals surface area contributed by atoms with Crippen molar-refractivity contribution in [3.05, 3.63) is 95.6 Å². The van der Waals surface area contributed by atoms with Gasteiger partial charge in [-0.3, -0.25) is 19.9 Å². The molecule has 0 saturated carbocycles. The van der Waals surface area contributed by atoms with Gasteiger partial charge in [0.05, 0.1) is 22.8 Å². The second-order valence-corrected chi connectivity index (χ2v) is 7.21. The van der Waals surface area contributed by atoms with Gasteiger partial charge in [0, 0.05) is 22.8 Å². The van der Waals surface area contributed by atoms with Gasteiger partial charge in [0.25, 0.3) is 0 Å². The van der Waals surface area contributed by atoms with Gasteiger partial charge in [-0.25, -0.2) is 0 Å². The molecule has 4 rings (SSSR count). The fourth-order valence-corrected chi connectivity index (χ4v) is 3.34. The van der Waals surface area contributed by atoms with Gasteiger partial charge in [-0.15, -0.1) is 0 Å². The van der Waals surface area contributed by atoms with Crippen molar-refractivity contribution in [2.75, 3.05) is 0 Å². The first-order valence-electron chi connectivity index (χ1n) is 9.97. The Hall–Kier alpha value is -3.40. The van der Waals surface area contributed by atoms with Crippen molar-refractivity contribution in [3.63, 3.8) is 0 Å². The van der Waals surface area contributed by atoms with Crippen molar-refractivity contribution < 1.29 is 0 Å². The van der Waals surface area contributed by atoms with Gasteiger partial charge in [-0.05, 0) is 81.6 Å². The van der Waals surface area contributed by atoms with Crippen LogP contribution in [0.4, 0.5) is 0 Å². The van der Waals surface area contributed by atoms with Crippen molar-refractivity contribution in [2.45, 2.75) is 33.1 Å². The number of pyridine rings is 4. The highest BCUT2D eigenvalue weighted by Crippen LogP contribution is 2.18. The van der Waals surface area contributed by atoms with Gasteiger partial charge in [-0.1, -0.05) is 24.3 Å². The summed E-state index contributed by atoms with van der Waals surface area (Å²) in [7, 11) is 0. The normalized spacial score (nSPS) is 10.8. The summed E-state index contributed by atoms with van der Waals surface area (Å²) in [6.45, 7) is 4.00. The van der Waals surface area contributed by atoms with Gasteiger partial charge in [0.15, 0.2) is 0 Å². The van der Waals surface area contributed by atoms with Crippen LogP contribution in [0.15, 0.2) is 72.8 Å². The number of hydrogen-bond donors (Lipinski definition) is 0. The van der Waals surface area contributed by atoms with Gasteiger partial charge in [-0.2, -0.15) is 0 Å². The molecule has 0 radical (unpaired) electrons. The second kappa shape index (κ2) is 8.74. The lowest BCUT2D eigenvalue weighted by Gasteiger charge is -2.07. The van der Waals surface area contributed by atoms with Crippen molar-refractivity contribution in [2.24, 2.45) is 0 Å². The molecule has 144 valence electrons. The van der Waals surface area contributed by atoms with Crippen LogP contribution in [0.1, 0.15) is 29.2 Å². The van der Waals surface area contributed by atoms with E-state index in [4.69, 9.17) is 9.97 Å². The Morgan fingerprint density at radius 3 is 1.28 bits per heavy atom. The molecule has 4 aromatic heterocycles. The smallest absolute Gasteiger partial charge is 0.0889 e. The number of aromatic nitrogens is 4. The summed E-state index contributed by atoms with van der Waals surface area (Å²) in [6, 6.07) is 24.4. The summed E-state index contributed by atoms with van der Waals surface area (Å²) < 4.78 is 0. The minimum atomic E-state index is 0.911. The van der Waals surface area contributed by atoms with E-state index in [1.807, 2.05) is 62.4 Å². The maximum absolute atomic E-state index is 4.80. The molecule has 0 fully saturated rings. The highest BCUT2D eigenvalue weighted by molar-refractivity contribution is 5.55. The van der Waals surface area contributed by atoms with Crippen LogP contribution >= 0.6 is 0 Å². The third-order valence-corrected chi connectivity index (χ3v) is 4.78. The van der Waals surface area contributed by atoms with Crippen LogP contribution in [0.5, 0.6) is 0 Å². The second-order valence-electron chi connectivity index (χ2n) is 7.21. The molecule has 0 aliphatic heterocycles. The molecule has 4 heterocycles. The van der Waals surface area contributed by atoms with Crippen molar-refractivity contribution >= 4 is 0 Å². The highest BCUT2D eigenvalue weighted by atomic mass is 14.8. The highest BCUT2D eigenvalue weighted by Gasteiger charge is 2.05. The summed E-state index contributed by atoms with van der Waals surface area (Å²) in [5.74, 6) is 0. The molecular formula is C25H24N4. The van der Waals surface area contributed by atoms with E-state index in [1.54, 1.807) is 0 Å². The molecule has 4 aromatic rings. The van der Waals surface area contributed by atoms with E-state index in [2.05, 4.69) is 34.2 Å². The number of nitrogens with zero attached hydrogens (tertiary/aromatic N) is 4. The van der Waals surface area contributed by atoms with E-state index in [0.717, 1.165) is 64.8 Å². The summed E-state index contributed by atoms with van der Waals surface area (Å²) in [6.07, 6.45) is 2.82. The Balaban J connectivity index is 1.42. The molecule has 0 spiro atoms. The zero-order valence-electron chi connectivity index (χ0n) is 16.8. The first-order valence-corrected chi connectivity index (χ1v) is 9.97. The monoisotopic (exact) mass is 380 g/mol.